The minimum atomic E-state index is -1.71. The number of benzene rings is 1. The lowest BCUT2D eigenvalue weighted by atomic mass is 10.1. The molecule has 0 spiro atoms. The molecule has 1 N–H and O–H groups in total. The zero-order valence-electron chi connectivity index (χ0n) is 8.66. The maximum absolute atomic E-state index is 13.7. The highest BCUT2D eigenvalue weighted by molar-refractivity contribution is 9.10. The van der Waals surface area contributed by atoms with Gasteiger partial charge in [0, 0.05) is 0 Å². The first kappa shape index (κ1) is 12.9. The zero-order chi connectivity index (χ0) is 12.3. The number of esters is 1. The van der Waals surface area contributed by atoms with Gasteiger partial charge in [0.2, 0.25) is 0 Å². The van der Waals surface area contributed by atoms with Crippen LogP contribution in [-0.4, -0.2) is 25.3 Å². The molecule has 0 amide bonds. The first-order chi connectivity index (χ1) is 7.52. The summed E-state index contributed by atoms with van der Waals surface area (Å²) >= 11 is 2.95. The van der Waals surface area contributed by atoms with Gasteiger partial charge >= 0.3 is 5.97 Å². The highest BCUT2D eigenvalue weighted by atomic mass is 79.9. The molecule has 1 aromatic rings. The number of aliphatic hydroxyl groups is 1. The van der Waals surface area contributed by atoms with Crippen LogP contribution in [-0.2, 0) is 9.53 Å². The molecule has 6 heteroatoms. The van der Waals surface area contributed by atoms with Crippen molar-refractivity contribution in [3.63, 3.8) is 0 Å². The maximum Gasteiger partial charge on any atom is 0.339 e. The molecule has 1 rings (SSSR count). The minimum Gasteiger partial charge on any atom is -0.496 e. The average molecular weight is 293 g/mol. The monoisotopic (exact) mass is 292 g/mol. The van der Waals surface area contributed by atoms with E-state index in [9.17, 15) is 14.3 Å². The SMILES string of the molecule is COC(=O)C(O)c1c(OC)ccc(Br)c1F. The number of hydrogen-bond donors (Lipinski definition) is 1. The molecular weight excluding hydrogens is 283 g/mol. The fourth-order valence-corrected chi connectivity index (χ4v) is 1.56. The van der Waals surface area contributed by atoms with Crippen molar-refractivity contribution < 1.29 is 23.8 Å². The van der Waals surface area contributed by atoms with Gasteiger partial charge in [0.05, 0.1) is 24.3 Å². The molecule has 0 fully saturated rings. The van der Waals surface area contributed by atoms with E-state index in [2.05, 4.69) is 20.7 Å². The van der Waals surface area contributed by atoms with Crippen molar-refractivity contribution in [2.75, 3.05) is 14.2 Å². The molecule has 0 aliphatic heterocycles. The summed E-state index contributed by atoms with van der Waals surface area (Å²) in [7, 11) is 2.42. The first-order valence-electron chi connectivity index (χ1n) is 4.30. The van der Waals surface area contributed by atoms with E-state index in [0.29, 0.717) is 0 Å². The average Bonchev–Trinajstić information content (AvgIpc) is 2.30. The minimum absolute atomic E-state index is 0.0820. The van der Waals surface area contributed by atoms with Crippen LogP contribution >= 0.6 is 15.9 Å². The summed E-state index contributed by atoms with van der Waals surface area (Å²) in [6.45, 7) is 0. The molecule has 88 valence electrons. The third kappa shape index (κ3) is 2.33. The molecule has 1 unspecified atom stereocenters. The van der Waals surface area contributed by atoms with Gasteiger partial charge in [-0.3, -0.25) is 0 Å². The lowest BCUT2D eigenvalue weighted by molar-refractivity contribution is -0.151. The van der Waals surface area contributed by atoms with Crippen LogP contribution in [0, 0.1) is 5.82 Å². The lowest BCUT2D eigenvalue weighted by Gasteiger charge is -2.14. The standard InChI is InChI=1S/C10H10BrFO4/c1-15-6-4-3-5(11)8(12)7(6)9(13)10(14)16-2/h3-4,9,13H,1-2H3. The first-order valence-corrected chi connectivity index (χ1v) is 5.10. The van der Waals surface area contributed by atoms with Crippen molar-refractivity contribution in [2.24, 2.45) is 0 Å². The summed E-state index contributed by atoms with van der Waals surface area (Å²) in [5, 5.41) is 9.59. The summed E-state index contributed by atoms with van der Waals surface area (Å²) in [5.41, 5.74) is -0.247. The normalized spacial score (nSPS) is 12.1. The Hall–Kier alpha value is -1.14. The van der Waals surface area contributed by atoms with Crippen LogP contribution in [0.5, 0.6) is 5.75 Å². The Morgan fingerprint density at radius 1 is 1.50 bits per heavy atom. The van der Waals surface area contributed by atoms with E-state index in [0.717, 1.165) is 7.11 Å². The van der Waals surface area contributed by atoms with E-state index < -0.39 is 17.9 Å². The fraction of sp³-hybridized carbons (Fsp3) is 0.300. The smallest absolute Gasteiger partial charge is 0.339 e. The highest BCUT2D eigenvalue weighted by Gasteiger charge is 2.27. The molecule has 0 saturated heterocycles. The van der Waals surface area contributed by atoms with E-state index in [1.54, 1.807) is 0 Å². The van der Waals surface area contributed by atoms with Crippen LogP contribution in [0.3, 0.4) is 0 Å². The van der Waals surface area contributed by atoms with Gasteiger partial charge in [-0.1, -0.05) is 0 Å². The van der Waals surface area contributed by atoms with Crippen LogP contribution in [0.25, 0.3) is 0 Å². The second kappa shape index (κ2) is 5.27. The third-order valence-corrected chi connectivity index (χ3v) is 2.62. The van der Waals surface area contributed by atoms with Crippen LogP contribution in [0.15, 0.2) is 16.6 Å². The Balaban J connectivity index is 3.29. The Morgan fingerprint density at radius 2 is 2.12 bits per heavy atom. The fourth-order valence-electron chi connectivity index (χ4n) is 1.21. The second-order valence-electron chi connectivity index (χ2n) is 2.90. The predicted molar refractivity (Wildman–Crippen MR) is 57.6 cm³/mol. The van der Waals surface area contributed by atoms with Gasteiger partial charge in [0.15, 0.2) is 6.10 Å². The summed E-state index contributed by atoms with van der Waals surface area (Å²) in [6, 6.07) is 2.86. The number of rotatable bonds is 3. The van der Waals surface area contributed by atoms with Crippen LogP contribution < -0.4 is 4.74 Å². The summed E-state index contributed by atoms with van der Waals surface area (Å²) < 4.78 is 23.0. The van der Waals surface area contributed by atoms with Crippen molar-refractivity contribution in [3.8, 4) is 5.75 Å². The van der Waals surface area contributed by atoms with Crippen molar-refractivity contribution in [1.82, 2.24) is 0 Å². The van der Waals surface area contributed by atoms with E-state index in [1.165, 1.54) is 19.2 Å². The van der Waals surface area contributed by atoms with Crippen molar-refractivity contribution in [3.05, 3.63) is 28.0 Å². The molecule has 0 aliphatic rings. The maximum atomic E-state index is 13.7. The number of carbonyl (C=O) groups is 1. The molecule has 1 aromatic carbocycles. The summed E-state index contributed by atoms with van der Waals surface area (Å²) in [4.78, 5) is 11.1. The van der Waals surface area contributed by atoms with E-state index in [4.69, 9.17) is 4.74 Å². The highest BCUT2D eigenvalue weighted by Crippen LogP contribution is 2.32. The van der Waals surface area contributed by atoms with Gasteiger partial charge in [0.25, 0.3) is 0 Å². The number of aliphatic hydroxyl groups excluding tert-OH is 1. The van der Waals surface area contributed by atoms with Crippen LogP contribution in [0.2, 0.25) is 0 Å². The summed E-state index contributed by atoms with van der Waals surface area (Å²) in [5.74, 6) is -1.62. The Morgan fingerprint density at radius 3 is 2.62 bits per heavy atom. The van der Waals surface area contributed by atoms with Gasteiger partial charge in [-0.25, -0.2) is 9.18 Å². The van der Waals surface area contributed by atoms with Gasteiger partial charge < -0.3 is 14.6 Å². The zero-order valence-corrected chi connectivity index (χ0v) is 10.2. The molecular formula is C10H10BrFO4. The lowest BCUT2D eigenvalue weighted by Crippen LogP contribution is -2.16. The van der Waals surface area contributed by atoms with E-state index >= 15 is 0 Å². The van der Waals surface area contributed by atoms with Crippen LogP contribution in [0.1, 0.15) is 11.7 Å². The van der Waals surface area contributed by atoms with Crippen molar-refractivity contribution in [2.45, 2.75) is 6.10 Å². The molecule has 4 nitrogen and oxygen atoms in total. The Kier molecular flexibility index (Phi) is 4.26. The Labute approximate surface area is 100 Å². The van der Waals surface area contributed by atoms with Gasteiger partial charge in [-0.05, 0) is 28.1 Å². The van der Waals surface area contributed by atoms with Crippen LogP contribution in [0.4, 0.5) is 4.39 Å². The van der Waals surface area contributed by atoms with Crippen molar-refractivity contribution in [1.29, 1.82) is 0 Å². The van der Waals surface area contributed by atoms with Gasteiger partial charge in [-0.15, -0.1) is 0 Å². The molecule has 0 bridgehead atoms. The van der Waals surface area contributed by atoms with Gasteiger partial charge in [0.1, 0.15) is 11.6 Å². The summed E-state index contributed by atoms with van der Waals surface area (Å²) in [6.07, 6.45) is -1.71. The molecule has 0 radical (unpaired) electrons. The molecule has 0 aliphatic carbocycles. The van der Waals surface area contributed by atoms with E-state index in [-0.39, 0.29) is 15.8 Å². The number of carbonyl (C=O) groups excluding carboxylic acids is 1. The van der Waals surface area contributed by atoms with Crippen molar-refractivity contribution >= 4 is 21.9 Å². The van der Waals surface area contributed by atoms with Gasteiger partial charge in [-0.2, -0.15) is 0 Å². The number of halogens is 2. The number of ether oxygens (including phenoxy) is 2. The molecule has 1 atom stereocenters. The molecule has 0 aromatic heterocycles. The predicted octanol–water partition coefficient (Wildman–Crippen LogP) is 1.80. The molecule has 0 saturated carbocycles. The second-order valence-corrected chi connectivity index (χ2v) is 3.76. The Bertz CT molecular complexity index is 408. The largest absolute Gasteiger partial charge is 0.496 e. The number of methoxy groups -OCH3 is 2. The van der Waals surface area contributed by atoms with E-state index in [1.807, 2.05) is 0 Å². The molecule has 16 heavy (non-hydrogen) atoms. The number of hydrogen-bond acceptors (Lipinski definition) is 4. The molecule has 0 heterocycles. The quantitative estimate of drug-likeness (QED) is 0.863. The third-order valence-electron chi connectivity index (χ3n) is 2.01. The topological polar surface area (TPSA) is 55.8 Å².